The normalized spacial score (nSPS) is 12.3. The van der Waals surface area contributed by atoms with Crippen molar-refractivity contribution in [1.29, 1.82) is 0 Å². The van der Waals surface area contributed by atoms with Gasteiger partial charge in [0.05, 0.1) is 27.9 Å². The van der Waals surface area contributed by atoms with Gasteiger partial charge in [0, 0.05) is 19.2 Å². The molecule has 0 saturated heterocycles. The fourth-order valence-electron chi connectivity index (χ4n) is 3.01. The Balaban J connectivity index is 1.82. The molecule has 1 heterocycles. The number of halogens is 2. The van der Waals surface area contributed by atoms with Crippen LogP contribution in [0.3, 0.4) is 0 Å². The standard InChI is InChI=1S/C23H25F2N3O3S/c1-14(2)31-12-6-11-28-22(30)17-7-4-5-8-19(17)27-23(28)32-15(3)21(29)26-20-10-9-16(24)13-18(20)25/h4-5,7-10,13-15H,6,11-12H2,1-3H3,(H,26,29). The molecule has 6 nitrogen and oxygen atoms in total. The zero-order chi connectivity index (χ0) is 23.3. The number of carbonyl (C=O) groups is 1. The first-order valence-electron chi connectivity index (χ1n) is 10.3. The third-order valence-corrected chi connectivity index (χ3v) is 5.73. The summed E-state index contributed by atoms with van der Waals surface area (Å²) in [6.45, 7) is 6.38. The van der Waals surface area contributed by atoms with Gasteiger partial charge in [-0.3, -0.25) is 14.2 Å². The van der Waals surface area contributed by atoms with E-state index < -0.39 is 22.8 Å². The Hall–Kier alpha value is -2.78. The van der Waals surface area contributed by atoms with Crippen molar-refractivity contribution in [2.75, 3.05) is 11.9 Å². The Morgan fingerprint density at radius 3 is 2.66 bits per heavy atom. The summed E-state index contributed by atoms with van der Waals surface area (Å²) in [6.07, 6.45) is 0.693. The summed E-state index contributed by atoms with van der Waals surface area (Å²) in [5.74, 6) is -2.08. The topological polar surface area (TPSA) is 73.2 Å². The number of hydrogen-bond donors (Lipinski definition) is 1. The van der Waals surface area contributed by atoms with E-state index in [2.05, 4.69) is 10.3 Å². The molecule has 0 aliphatic carbocycles. The molecule has 2 aromatic carbocycles. The van der Waals surface area contributed by atoms with E-state index in [9.17, 15) is 18.4 Å². The number of nitrogens with zero attached hydrogens (tertiary/aromatic N) is 2. The highest BCUT2D eigenvalue weighted by Crippen LogP contribution is 2.24. The maximum atomic E-state index is 13.9. The van der Waals surface area contributed by atoms with Crippen molar-refractivity contribution in [3.63, 3.8) is 0 Å². The molecule has 1 atom stereocenters. The number of rotatable bonds is 9. The molecule has 1 unspecified atom stereocenters. The second-order valence-corrected chi connectivity index (χ2v) is 8.82. The number of ether oxygens (including phenoxy) is 1. The molecule has 0 spiro atoms. The van der Waals surface area contributed by atoms with Crippen molar-refractivity contribution in [3.8, 4) is 0 Å². The summed E-state index contributed by atoms with van der Waals surface area (Å²) in [6, 6.07) is 9.96. The van der Waals surface area contributed by atoms with E-state index in [1.807, 2.05) is 13.8 Å². The average molecular weight is 462 g/mol. The van der Waals surface area contributed by atoms with Crippen molar-refractivity contribution in [3.05, 3.63) is 64.5 Å². The van der Waals surface area contributed by atoms with Gasteiger partial charge in [0.25, 0.3) is 5.56 Å². The van der Waals surface area contributed by atoms with Crippen LogP contribution in [0.4, 0.5) is 14.5 Å². The number of hydrogen-bond acceptors (Lipinski definition) is 5. The highest BCUT2D eigenvalue weighted by Gasteiger charge is 2.20. The largest absolute Gasteiger partial charge is 0.379 e. The highest BCUT2D eigenvalue weighted by molar-refractivity contribution is 8.00. The van der Waals surface area contributed by atoms with Gasteiger partial charge >= 0.3 is 0 Å². The lowest BCUT2D eigenvalue weighted by Crippen LogP contribution is -2.27. The molecule has 0 aliphatic rings. The van der Waals surface area contributed by atoms with Gasteiger partial charge < -0.3 is 10.1 Å². The summed E-state index contributed by atoms with van der Waals surface area (Å²) in [7, 11) is 0. The van der Waals surface area contributed by atoms with Crippen LogP contribution in [0.5, 0.6) is 0 Å². The van der Waals surface area contributed by atoms with Crippen LogP contribution in [0.25, 0.3) is 10.9 Å². The molecular weight excluding hydrogens is 436 g/mol. The molecule has 0 aliphatic heterocycles. The predicted octanol–water partition coefficient (Wildman–Crippen LogP) is 4.61. The zero-order valence-electron chi connectivity index (χ0n) is 18.1. The highest BCUT2D eigenvalue weighted by atomic mass is 32.2. The van der Waals surface area contributed by atoms with Crippen LogP contribution in [0, 0.1) is 11.6 Å². The number of amides is 1. The summed E-state index contributed by atoms with van der Waals surface area (Å²) in [4.78, 5) is 30.3. The lowest BCUT2D eigenvalue weighted by molar-refractivity contribution is -0.115. The Labute approximate surface area is 189 Å². The molecule has 0 radical (unpaired) electrons. The zero-order valence-corrected chi connectivity index (χ0v) is 18.9. The third-order valence-electron chi connectivity index (χ3n) is 4.64. The molecule has 0 bridgehead atoms. The fraction of sp³-hybridized carbons (Fsp3) is 0.348. The Morgan fingerprint density at radius 2 is 1.94 bits per heavy atom. The van der Waals surface area contributed by atoms with E-state index in [4.69, 9.17) is 4.74 Å². The molecule has 1 N–H and O–H groups in total. The van der Waals surface area contributed by atoms with Gasteiger partial charge in [-0.15, -0.1) is 0 Å². The first-order chi connectivity index (χ1) is 15.3. The summed E-state index contributed by atoms with van der Waals surface area (Å²) in [5, 5.41) is 2.65. The van der Waals surface area contributed by atoms with Gasteiger partial charge in [0.1, 0.15) is 11.6 Å². The molecule has 0 saturated carbocycles. The third kappa shape index (κ3) is 5.92. The van der Waals surface area contributed by atoms with Crippen LogP contribution in [0.1, 0.15) is 27.2 Å². The molecule has 3 aromatic rings. The quantitative estimate of drug-likeness (QED) is 0.286. The van der Waals surface area contributed by atoms with Gasteiger partial charge in [0.2, 0.25) is 5.91 Å². The lowest BCUT2D eigenvalue weighted by atomic mass is 10.2. The van der Waals surface area contributed by atoms with Crippen LogP contribution >= 0.6 is 11.8 Å². The monoisotopic (exact) mass is 461 g/mol. The minimum absolute atomic E-state index is 0.0888. The smallest absolute Gasteiger partial charge is 0.262 e. The maximum absolute atomic E-state index is 13.9. The first kappa shape index (κ1) is 23.9. The van der Waals surface area contributed by atoms with Crippen LogP contribution in [0.15, 0.2) is 52.4 Å². The van der Waals surface area contributed by atoms with Gasteiger partial charge in [-0.25, -0.2) is 13.8 Å². The number of anilines is 1. The van der Waals surface area contributed by atoms with E-state index in [0.29, 0.717) is 41.7 Å². The SMILES string of the molecule is CC(C)OCCCn1c(SC(C)C(=O)Nc2ccc(F)cc2F)nc2ccccc2c1=O. The second kappa shape index (κ2) is 10.7. The Morgan fingerprint density at radius 1 is 1.19 bits per heavy atom. The number of benzene rings is 2. The van der Waals surface area contributed by atoms with Crippen LogP contribution < -0.4 is 10.9 Å². The Kier molecular flexibility index (Phi) is 7.98. The Bertz CT molecular complexity index is 1170. The van der Waals surface area contributed by atoms with Crippen LogP contribution in [0.2, 0.25) is 0 Å². The van der Waals surface area contributed by atoms with Crippen molar-refractivity contribution in [2.24, 2.45) is 0 Å². The minimum Gasteiger partial charge on any atom is -0.379 e. The summed E-state index contributed by atoms with van der Waals surface area (Å²) >= 11 is 1.10. The number of aromatic nitrogens is 2. The van der Waals surface area contributed by atoms with E-state index in [-0.39, 0.29) is 17.4 Å². The van der Waals surface area contributed by atoms with Crippen molar-refractivity contribution >= 4 is 34.3 Å². The maximum Gasteiger partial charge on any atom is 0.262 e. The lowest BCUT2D eigenvalue weighted by Gasteiger charge is -2.17. The van der Waals surface area contributed by atoms with E-state index in [0.717, 1.165) is 17.8 Å². The van der Waals surface area contributed by atoms with E-state index in [1.165, 1.54) is 6.07 Å². The minimum atomic E-state index is -0.860. The predicted molar refractivity (Wildman–Crippen MR) is 122 cm³/mol. The molecule has 0 fully saturated rings. The van der Waals surface area contributed by atoms with Gasteiger partial charge in [-0.05, 0) is 51.5 Å². The molecule has 3 rings (SSSR count). The van der Waals surface area contributed by atoms with E-state index in [1.54, 1.807) is 35.8 Å². The van der Waals surface area contributed by atoms with Gasteiger partial charge in [-0.1, -0.05) is 23.9 Å². The molecule has 9 heteroatoms. The first-order valence-corrected chi connectivity index (χ1v) is 11.2. The number of nitrogens with one attached hydrogen (secondary N) is 1. The average Bonchev–Trinajstić information content (AvgIpc) is 2.74. The van der Waals surface area contributed by atoms with Crippen molar-refractivity contribution in [2.45, 2.75) is 50.2 Å². The summed E-state index contributed by atoms with van der Waals surface area (Å²) in [5.41, 5.74) is 0.227. The van der Waals surface area contributed by atoms with Gasteiger partial charge in [0.15, 0.2) is 5.16 Å². The summed E-state index contributed by atoms with van der Waals surface area (Å²) < 4.78 is 34.1. The van der Waals surface area contributed by atoms with Crippen LogP contribution in [-0.2, 0) is 16.1 Å². The van der Waals surface area contributed by atoms with Crippen LogP contribution in [-0.4, -0.2) is 33.4 Å². The van der Waals surface area contributed by atoms with Crippen molar-refractivity contribution in [1.82, 2.24) is 9.55 Å². The number of thioether (sulfide) groups is 1. The number of para-hydroxylation sites is 1. The number of fused-ring (bicyclic) bond motifs is 1. The van der Waals surface area contributed by atoms with Gasteiger partial charge in [-0.2, -0.15) is 0 Å². The molecular formula is C23H25F2N3O3S. The molecule has 1 aromatic heterocycles. The molecule has 1 amide bonds. The number of carbonyl (C=O) groups excluding carboxylic acids is 1. The second-order valence-electron chi connectivity index (χ2n) is 7.51. The van der Waals surface area contributed by atoms with E-state index >= 15 is 0 Å². The fourth-order valence-corrected chi connectivity index (χ4v) is 3.95. The van der Waals surface area contributed by atoms with Crippen molar-refractivity contribution < 1.29 is 18.3 Å². The molecule has 32 heavy (non-hydrogen) atoms. The molecule has 170 valence electrons.